The van der Waals surface area contributed by atoms with Crippen molar-refractivity contribution in [2.75, 3.05) is 0 Å². The van der Waals surface area contributed by atoms with Crippen LogP contribution in [0.15, 0.2) is 25.2 Å². The number of rotatable bonds is 5. The van der Waals surface area contributed by atoms with Gasteiger partial charge in [-0.2, -0.15) is 4.98 Å². The van der Waals surface area contributed by atoms with Gasteiger partial charge in [-0.05, 0) is 50.0 Å². The van der Waals surface area contributed by atoms with E-state index < -0.39 is 5.63 Å². The Morgan fingerprint density at radius 1 is 1.11 bits per heavy atom. The predicted octanol–water partition coefficient (Wildman–Crippen LogP) is 4.09. The molecular formula is C21H27N3O4. The number of hydrogen-bond donors (Lipinski definition) is 1. The lowest BCUT2D eigenvalue weighted by Crippen LogP contribution is -2.16. The fourth-order valence-corrected chi connectivity index (χ4v) is 4.36. The molecule has 0 radical (unpaired) electrons. The minimum atomic E-state index is -0.492. The van der Waals surface area contributed by atoms with Gasteiger partial charge in [0, 0.05) is 6.07 Å². The Labute approximate surface area is 163 Å². The van der Waals surface area contributed by atoms with Crippen molar-refractivity contribution in [2.24, 2.45) is 11.1 Å². The van der Waals surface area contributed by atoms with Crippen molar-refractivity contribution in [1.82, 2.24) is 9.97 Å². The van der Waals surface area contributed by atoms with Gasteiger partial charge in [-0.15, -0.1) is 0 Å². The summed E-state index contributed by atoms with van der Waals surface area (Å²) in [4.78, 5) is 36.8. The van der Waals surface area contributed by atoms with Crippen molar-refractivity contribution < 1.29 is 9.25 Å². The standard InChI is InChI=1S/C21H27N3O4/c25-17-13-15(12-11-14-7-3-1-4-8-14)18-19(26)22-21(23-20(18)27-17)28-24-16-9-5-2-6-10-16/h13-14H,1-12H2,(H,22,23,26). The molecule has 2 aliphatic carbocycles. The molecule has 0 saturated heterocycles. The zero-order chi connectivity index (χ0) is 19.3. The molecule has 2 aliphatic rings. The van der Waals surface area contributed by atoms with Crippen molar-refractivity contribution in [1.29, 1.82) is 0 Å². The van der Waals surface area contributed by atoms with E-state index in [0.29, 0.717) is 23.3 Å². The van der Waals surface area contributed by atoms with Crippen molar-refractivity contribution in [2.45, 2.75) is 77.0 Å². The van der Waals surface area contributed by atoms with Crippen molar-refractivity contribution in [3.63, 3.8) is 0 Å². The Hall–Kier alpha value is -2.44. The Balaban J connectivity index is 1.57. The van der Waals surface area contributed by atoms with Crippen LogP contribution in [0.3, 0.4) is 0 Å². The fourth-order valence-electron chi connectivity index (χ4n) is 4.36. The smallest absolute Gasteiger partial charge is 0.337 e. The van der Waals surface area contributed by atoms with Gasteiger partial charge in [0.2, 0.25) is 5.71 Å². The number of nitrogens with zero attached hydrogens (tertiary/aromatic N) is 2. The second-order valence-electron chi connectivity index (χ2n) is 7.99. The molecule has 2 heterocycles. The van der Waals surface area contributed by atoms with E-state index in [0.717, 1.165) is 37.8 Å². The number of oxime groups is 1. The largest absolute Gasteiger partial charge is 0.403 e. The predicted molar refractivity (Wildman–Crippen MR) is 107 cm³/mol. The molecule has 4 rings (SSSR count). The van der Waals surface area contributed by atoms with Gasteiger partial charge in [-0.3, -0.25) is 9.78 Å². The van der Waals surface area contributed by atoms with Gasteiger partial charge in [0.15, 0.2) is 0 Å². The van der Waals surface area contributed by atoms with E-state index in [-0.39, 0.29) is 17.3 Å². The van der Waals surface area contributed by atoms with E-state index in [1.165, 1.54) is 44.6 Å². The SMILES string of the molecule is O=c1cc(CCC2CCCCC2)c2c(=O)[nH]c(ON=C3CCCCC3)nc2o1. The van der Waals surface area contributed by atoms with Crippen molar-refractivity contribution >= 4 is 16.8 Å². The molecule has 0 aromatic carbocycles. The molecule has 2 fully saturated rings. The number of hydrogen-bond acceptors (Lipinski definition) is 6. The molecule has 0 bridgehead atoms. The summed E-state index contributed by atoms with van der Waals surface area (Å²) in [6, 6.07) is 1.38. The minimum Gasteiger partial charge on any atom is -0.403 e. The maximum atomic E-state index is 12.6. The highest BCUT2D eigenvalue weighted by Gasteiger charge is 2.17. The van der Waals surface area contributed by atoms with E-state index in [1.807, 2.05) is 0 Å². The molecule has 150 valence electrons. The number of fused-ring (bicyclic) bond motifs is 1. The molecule has 2 aromatic rings. The van der Waals surface area contributed by atoms with Crippen LogP contribution < -0.4 is 16.0 Å². The van der Waals surface area contributed by atoms with Crippen LogP contribution in [0.25, 0.3) is 11.1 Å². The third-order valence-corrected chi connectivity index (χ3v) is 5.91. The Bertz CT molecular complexity index is 962. The number of aryl methyl sites for hydroxylation is 1. The number of nitrogens with one attached hydrogen (secondary N) is 1. The maximum absolute atomic E-state index is 12.6. The molecule has 0 amide bonds. The topological polar surface area (TPSA) is 97.5 Å². The lowest BCUT2D eigenvalue weighted by molar-refractivity contribution is 0.307. The normalized spacial score (nSPS) is 18.4. The summed E-state index contributed by atoms with van der Waals surface area (Å²) in [5, 5.41) is 4.45. The van der Waals surface area contributed by atoms with Crippen LogP contribution in [0.2, 0.25) is 0 Å². The first-order chi connectivity index (χ1) is 13.7. The lowest BCUT2D eigenvalue weighted by atomic mass is 9.85. The second-order valence-corrected chi connectivity index (χ2v) is 7.99. The van der Waals surface area contributed by atoms with Crippen LogP contribution in [0.1, 0.15) is 76.2 Å². The summed E-state index contributed by atoms with van der Waals surface area (Å²) in [6.07, 6.45) is 13.2. The van der Waals surface area contributed by atoms with E-state index in [2.05, 4.69) is 15.1 Å². The summed E-state index contributed by atoms with van der Waals surface area (Å²) in [7, 11) is 0. The van der Waals surface area contributed by atoms with Crippen LogP contribution in [-0.2, 0) is 6.42 Å². The van der Waals surface area contributed by atoms with Gasteiger partial charge >= 0.3 is 11.6 Å². The van der Waals surface area contributed by atoms with E-state index in [4.69, 9.17) is 9.25 Å². The average molecular weight is 385 g/mol. The van der Waals surface area contributed by atoms with E-state index in [9.17, 15) is 9.59 Å². The van der Waals surface area contributed by atoms with E-state index >= 15 is 0 Å². The molecular weight excluding hydrogens is 358 g/mol. The van der Waals surface area contributed by atoms with Gasteiger partial charge < -0.3 is 9.25 Å². The summed E-state index contributed by atoms with van der Waals surface area (Å²) < 4.78 is 5.19. The first-order valence-electron chi connectivity index (χ1n) is 10.5. The molecule has 2 aromatic heterocycles. The van der Waals surface area contributed by atoms with Gasteiger partial charge in [0.1, 0.15) is 5.39 Å². The Morgan fingerprint density at radius 2 is 1.86 bits per heavy atom. The average Bonchev–Trinajstić information content (AvgIpc) is 2.71. The van der Waals surface area contributed by atoms with Gasteiger partial charge in [-0.1, -0.05) is 43.7 Å². The summed E-state index contributed by atoms with van der Waals surface area (Å²) in [6.45, 7) is 0. The molecule has 0 spiro atoms. The molecule has 28 heavy (non-hydrogen) atoms. The van der Waals surface area contributed by atoms with Gasteiger partial charge in [-0.25, -0.2) is 4.79 Å². The highest BCUT2D eigenvalue weighted by Crippen LogP contribution is 2.28. The molecule has 7 nitrogen and oxygen atoms in total. The third kappa shape index (κ3) is 4.51. The summed E-state index contributed by atoms with van der Waals surface area (Å²) in [5.41, 5.74) is 0.848. The first kappa shape index (κ1) is 18.9. The fraction of sp³-hybridized carbons (Fsp3) is 0.619. The maximum Gasteiger partial charge on any atom is 0.337 e. The van der Waals surface area contributed by atoms with Crippen molar-refractivity contribution in [3.8, 4) is 6.01 Å². The van der Waals surface area contributed by atoms with Crippen LogP contribution in [0.4, 0.5) is 0 Å². The van der Waals surface area contributed by atoms with E-state index in [1.54, 1.807) is 0 Å². The van der Waals surface area contributed by atoms with Crippen LogP contribution >= 0.6 is 0 Å². The van der Waals surface area contributed by atoms with Crippen LogP contribution in [-0.4, -0.2) is 15.7 Å². The molecule has 0 aliphatic heterocycles. The molecule has 2 saturated carbocycles. The zero-order valence-corrected chi connectivity index (χ0v) is 16.2. The Kier molecular flexibility index (Phi) is 5.88. The second kappa shape index (κ2) is 8.71. The molecule has 0 unspecified atom stereocenters. The number of H-pyrrole nitrogens is 1. The van der Waals surface area contributed by atoms with Gasteiger partial charge in [0.05, 0.1) is 5.71 Å². The summed E-state index contributed by atoms with van der Waals surface area (Å²) in [5.74, 6) is 0.664. The van der Waals surface area contributed by atoms with Crippen LogP contribution in [0, 0.1) is 5.92 Å². The first-order valence-corrected chi connectivity index (χ1v) is 10.5. The Morgan fingerprint density at radius 3 is 2.64 bits per heavy atom. The molecule has 1 N–H and O–H groups in total. The molecule has 7 heteroatoms. The quantitative estimate of drug-likeness (QED) is 0.782. The van der Waals surface area contributed by atoms with Gasteiger partial charge in [0.25, 0.3) is 5.56 Å². The minimum absolute atomic E-state index is 0.0220. The molecule has 0 atom stereocenters. The van der Waals surface area contributed by atoms with Crippen molar-refractivity contribution in [3.05, 3.63) is 32.4 Å². The third-order valence-electron chi connectivity index (χ3n) is 5.91. The monoisotopic (exact) mass is 385 g/mol. The zero-order valence-electron chi connectivity index (χ0n) is 16.2. The summed E-state index contributed by atoms with van der Waals surface area (Å²) >= 11 is 0. The highest BCUT2D eigenvalue weighted by atomic mass is 16.6. The highest BCUT2D eigenvalue weighted by molar-refractivity contribution is 5.84. The lowest BCUT2D eigenvalue weighted by Gasteiger charge is -2.21. The number of aromatic amines is 1. The van der Waals surface area contributed by atoms with Crippen LogP contribution in [0.5, 0.6) is 6.01 Å². The number of aromatic nitrogens is 2.